The Morgan fingerprint density at radius 3 is 2.57 bits per heavy atom. The Kier molecular flexibility index (Phi) is 4.86. The van der Waals surface area contributed by atoms with Gasteiger partial charge in [0.1, 0.15) is 23.2 Å². The Balaban J connectivity index is 1.74. The predicted octanol–water partition coefficient (Wildman–Crippen LogP) is 1.47. The van der Waals surface area contributed by atoms with Gasteiger partial charge in [0, 0.05) is 50.3 Å². The highest BCUT2D eigenvalue weighted by Crippen LogP contribution is 2.30. The van der Waals surface area contributed by atoms with Crippen LogP contribution in [-0.2, 0) is 6.42 Å². The molecule has 4 N–H and O–H groups in total. The highest BCUT2D eigenvalue weighted by Gasteiger charge is 2.23. The summed E-state index contributed by atoms with van der Waals surface area (Å²) < 4.78 is 5.46. The van der Waals surface area contributed by atoms with Crippen LogP contribution in [-0.4, -0.2) is 63.4 Å². The third-order valence-corrected chi connectivity index (χ3v) is 4.79. The molecule has 10 nitrogen and oxygen atoms in total. The number of nitrogens with one attached hydrogen (secondary N) is 2. The molecule has 1 fully saturated rings. The van der Waals surface area contributed by atoms with E-state index in [9.17, 15) is 0 Å². The van der Waals surface area contributed by atoms with Crippen LogP contribution in [0.3, 0.4) is 0 Å². The van der Waals surface area contributed by atoms with Crippen molar-refractivity contribution in [3.63, 3.8) is 0 Å². The zero-order valence-corrected chi connectivity index (χ0v) is 16.4. The molecule has 148 valence electrons. The molecule has 0 radical (unpaired) electrons. The molecule has 1 aliphatic rings. The maximum Gasteiger partial charge on any atom is 0.223 e. The minimum atomic E-state index is 0.227. The van der Waals surface area contributed by atoms with Crippen LogP contribution in [0.1, 0.15) is 22.7 Å². The van der Waals surface area contributed by atoms with Crippen LogP contribution in [0.2, 0.25) is 0 Å². The normalized spacial score (nSPS) is 15.2. The second-order valence-corrected chi connectivity index (χ2v) is 7.18. The van der Waals surface area contributed by atoms with E-state index < -0.39 is 0 Å². The van der Waals surface area contributed by atoms with Crippen LogP contribution in [0.4, 0.5) is 23.4 Å². The minimum Gasteiger partial charge on any atom is -0.368 e. The van der Waals surface area contributed by atoms with Gasteiger partial charge in [-0.1, -0.05) is 5.16 Å². The van der Waals surface area contributed by atoms with Crippen LogP contribution in [0, 0.1) is 13.8 Å². The third kappa shape index (κ3) is 3.91. The topological polar surface area (TPSA) is 125 Å². The lowest BCUT2D eigenvalue weighted by atomic mass is 10.1. The lowest BCUT2D eigenvalue weighted by molar-refractivity contribution is 0.311. The van der Waals surface area contributed by atoms with E-state index in [1.165, 1.54) is 0 Å². The fourth-order valence-corrected chi connectivity index (χ4v) is 3.32. The number of aryl methyl sites for hydroxylation is 2. The van der Waals surface area contributed by atoms with Gasteiger partial charge < -0.3 is 25.4 Å². The van der Waals surface area contributed by atoms with E-state index in [1.54, 1.807) is 0 Å². The number of rotatable bonds is 5. The number of likely N-dealkylation sites (N-methyl/N-ethyl adjacent to an activating group) is 1. The van der Waals surface area contributed by atoms with Crippen molar-refractivity contribution < 1.29 is 4.52 Å². The van der Waals surface area contributed by atoms with E-state index >= 15 is 0 Å². The van der Waals surface area contributed by atoms with Gasteiger partial charge in [0.25, 0.3) is 0 Å². The Morgan fingerprint density at radius 1 is 1.14 bits per heavy atom. The third-order valence-electron chi connectivity index (χ3n) is 4.79. The molecule has 3 aromatic heterocycles. The number of H-pyrrole nitrogens is 1. The molecular weight excluding hydrogens is 358 g/mol. The minimum absolute atomic E-state index is 0.227. The molecule has 1 aliphatic heterocycles. The Morgan fingerprint density at radius 2 is 1.93 bits per heavy atom. The molecule has 10 heteroatoms. The van der Waals surface area contributed by atoms with Gasteiger partial charge in [0.15, 0.2) is 0 Å². The molecule has 0 unspecified atom stereocenters. The zero-order valence-electron chi connectivity index (χ0n) is 16.4. The molecule has 0 spiro atoms. The summed E-state index contributed by atoms with van der Waals surface area (Å²) in [6, 6.07) is 3.84. The summed E-state index contributed by atoms with van der Waals surface area (Å²) in [7, 11) is 2.12. The quantitative estimate of drug-likeness (QED) is 0.600. The van der Waals surface area contributed by atoms with Crippen molar-refractivity contribution in [1.29, 1.82) is 0 Å². The Labute approximate surface area is 163 Å². The largest absolute Gasteiger partial charge is 0.368 e. The molecule has 0 aromatic carbocycles. The highest BCUT2D eigenvalue weighted by atomic mass is 16.5. The molecule has 3 aromatic rings. The van der Waals surface area contributed by atoms with Gasteiger partial charge >= 0.3 is 0 Å². The smallest absolute Gasteiger partial charge is 0.223 e. The second kappa shape index (κ2) is 7.47. The molecular formula is C18H25N9O. The molecule has 4 heterocycles. The lowest BCUT2D eigenvalue weighted by Gasteiger charge is -2.34. The number of hydrogen-bond acceptors (Lipinski definition) is 9. The van der Waals surface area contributed by atoms with Gasteiger partial charge in [-0.05, 0) is 20.9 Å². The number of nitrogen functional groups attached to an aromatic ring is 1. The van der Waals surface area contributed by atoms with Crippen molar-refractivity contribution >= 4 is 23.4 Å². The van der Waals surface area contributed by atoms with Gasteiger partial charge in [-0.2, -0.15) is 15.1 Å². The summed E-state index contributed by atoms with van der Waals surface area (Å²) in [4.78, 5) is 13.6. The molecule has 0 amide bonds. The number of piperazine rings is 1. The van der Waals surface area contributed by atoms with Crippen molar-refractivity contribution in [2.75, 3.05) is 49.2 Å². The molecule has 4 rings (SSSR count). The first-order valence-electron chi connectivity index (χ1n) is 9.29. The summed E-state index contributed by atoms with van der Waals surface area (Å²) in [6.07, 6.45) is 0.512. The van der Waals surface area contributed by atoms with E-state index in [2.05, 4.69) is 47.5 Å². The number of nitrogens with zero attached hydrogens (tertiary/aromatic N) is 6. The first-order valence-corrected chi connectivity index (χ1v) is 9.29. The lowest BCUT2D eigenvalue weighted by Crippen LogP contribution is -2.45. The average Bonchev–Trinajstić information content (AvgIpc) is 3.25. The fraction of sp³-hybridized carbons (Fsp3) is 0.444. The number of nitrogens with two attached hydrogens (primary N) is 1. The van der Waals surface area contributed by atoms with Crippen LogP contribution >= 0.6 is 0 Å². The Hall–Kier alpha value is -3.14. The van der Waals surface area contributed by atoms with Gasteiger partial charge in [0.2, 0.25) is 5.95 Å². The first-order chi connectivity index (χ1) is 13.5. The fourth-order valence-electron chi connectivity index (χ4n) is 3.32. The van der Waals surface area contributed by atoms with Crippen molar-refractivity contribution in [2.45, 2.75) is 20.3 Å². The van der Waals surface area contributed by atoms with E-state index in [4.69, 9.17) is 10.3 Å². The number of aromatic amines is 1. The number of anilines is 4. The molecule has 1 saturated heterocycles. The summed E-state index contributed by atoms with van der Waals surface area (Å²) in [6.45, 7) is 7.50. The van der Waals surface area contributed by atoms with Crippen molar-refractivity contribution in [3.05, 3.63) is 34.8 Å². The summed E-state index contributed by atoms with van der Waals surface area (Å²) in [5, 5.41) is 14.4. The van der Waals surface area contributed by atoms with Gasteiger partial charge in [-0.25, -0.2) is 0 Å². The summed E-state index contributed by atoms with van der Waals surface area (Å²) in [5.41, 5.74) is 8.70. The summed E-state index contributed by atoms with van der Waals surface area (Å²) >= 11 is 0. The zero-order chi connectivity index (χ0) is 19.7. The van der Waals surface area contributed by atoms with Crippen LogP contribution in [0.15, 0.2) is 16.7 Å². The van der Waals surface area contributed by atoms with Gasteiger partial charge in [-0.15, -0.1) is 0 Å². The van der Waals surface area contributed by atoms with Gasteiger partial charge in [0.05, 0.1) is 11.4 Å². The maximum absolute atomic E-state index is 6.06. The first kappa shape index (κ1) is 18.2. The molecule has 0 bridgehead atoms. The Bertz CT molecular complexity index is 956. The monoisotopic (exact) mass is 383 g/mol. The van der Waals surface area contributed by atoms with Crippen molar-refractivity contribution in [1.82, 2.24) is 30.2 Å². The predicted molar refractivity (Wildman–Crippen MR) is 107 cm³/mol. The van der Waals surface area contributed by atoms with E-state index in [0.717, 1.165) is 60.5 Å². The van der Waals surface area contributed by atoms with Gasteiger partial charge in [-0.3, -0.25) is 5.10 Å². The summed E-state index contributed by atoms with van der Waals surface area (Å²) in [5.74, 6) is 3.19. The van der Waals surface area contributed by atoms with Crippen molar-refractivity contribution in [2.24, 2.45) is 0 Å². The van der Waals surface area contributed by atoms with E-state index in [1.807, 2.05) is 26.0 Å². The molecule has 0 saturated carbocycles. The second-order valence-electron chi connectivity index (χ2n) is 7.18. The van der Waals surface area contributed by atoms with Crippen molar-refractivity contribution in [3.8, 4) is 0 Å². The van der Waals surface area contributed by atoms with Crippen LogP contribution in [0.25, 0.3) is 0 Å². The van der Waals surface area contributed by atoms with E-state index in [-0.39, 0.29) is 5.95 Å². The SMILES string of the molecule is Cc1cc(Nc2nc(N)nc(N3CCN(C)CC3)c2Cc2cc(C)no2)[nH]n1. The average molecular weight is 383 g/mol. The standard InChI is InChI=1S/C18H25N9O/c1-11-9-15(24-23-11)20-16-14(10-13-8-12(2)25-28-13)17(22-18(19)21-16)27-6-4-26(3)5-7-27/h8-9H,4-7,10H2,1-3H3,(H4,19,20,21,22,23,24). The number of aromatic nitrogens is 5. The molecule has 28 heavy (non-hydrogen) atoms. The maximum atomic E-state index is 6.06. The molecule has 0 aliphatic carbocycles. The van der Waals surface area contributed by atoms with Crippen LogP contribution in [0.5, 0.6) is 0 Å². The number of hydrogen-bond donors (Lipinski definition) is 3. The highest BCUT2D eigenvalue weighted by molar-refractivity contribution is 5.67. The van der Waals surface area contributed by atoms with E-state index in [0.29, 0.717) is 12.2 Å². The molecule has 0 atom stereocenters. The van der Waals surface area contributed by atoms with Crippen LogP contribution < -0.4 is 16.0 Å².